The van der Waals surface area contributed by atoms with E-state index in [4.69, 9.17) is 18.0 Å². The van der Waals surface area contributed by atoms with Crippen molar-refractivity contribution < 1.29 is 4.79 Å². The number of pyridine rings is 1. The van der Waals surface area contributed by atoms with Crippen LogP contribution in [0.1, 0.15) is 55.1 Å². The summed E-state index contributed by atoms with van der Waals surface area (Å²) >= 11 is 4.86. The van der Waals surface area contributed by atoms with Gasteiger partial charge >= 0.3 is 0 Å². The number of nitrogens with zero attached hydrogens (tertiary/aromatic N) is 1. The SMILES string of the molecule is CC1CCCC(CCNC(=O)c2ccc(C(N)=S)cn2)C1. The van der Waals surface area contributed by atoms with E-state index in [-0.39, 0.29) is 5.91 Å². The van der Waals surface area contributed by atoms with Crippen LogP contribution in [0.15, 0.2) is 18.3 Å². The first-order valence-electron chi connectivity index (χ1n) is 7.60. The van der Waals surface area contributed by atoms with Crippen molar-refractivity contribution in [1.82, 2.24) is 10.3 Å². The van der Waals surface area contributed by atoms with Crippen LogP contribution in [0, 0.1) is 11.8 Å². The molecule has 0 spiro atoms. The van der Waals surface area contributed by atoms with E-state index in [1.807, 2.05) is 0 Å². The summed E-state index contributed by atoms with van der Waals surface area (Å²) in [7, 11) is 0. The molecular weight excluding hydrogens is 282 g/mol. The fraction of sp³-hybridized carbons (Fsp3) is 0.562. The summed E-state index contributed by atoms with van der Waals surface area (Å²) in [5.41, 5.74) is 6.59. The number of amides is 1. The third kappa shape index (κ3) is 4.77. The molecule has 4 nitrogen and oxygen atoms in total. The zero-order chi connectivity index (χ0) is 15.2. The molecule has 0 saturated heterocycles. The molecule has 1 amide bonds. The Morgan fingerprint density at radius 2 is 2.29 bits per heavy atom. The average Bonchev–Trinajstić information content (AvgIpc) is 2.47. The zero-order valence-electron chi connectivity index (χ0n) is 12.5. The molecule has 5 heteroatoms. The highest BCUT2D eigenvalue weighted by Gasteiger charge is 2.18. The molecule has 1 aromatic heterocycles. The first-order chi connectivity index (χ1) is 10.1. The minimum Gasteiger partial charge on any atom is -0.389 e. The summed E-state index contributed by atoms with van der Waals surface area (Å²) < 4.78 is 0. The standard InChI is InChI=1S/C16H23N3OS/c1-11-3-2-4-12(9-11)7-8-18-16(20)14-6-5-13(10-19-14)15(17)21/h5-6,10-12H,2-4,7-9H2,1H3,(H2,17,21)(H,18,20). The summed E-state index contributed by atoms with van der Waals surface area (Å²) in [5, 5.41) is 2.94. The van der Waals surface area contributed by atoms with Crippen molar-refractivity contribution in [2.45, 2.75) is 39.0 Å². The van der Waals surface area contributed by atoms with Crippen LogP contribution in [-0.4, -0.2) is 22.4 Å². The smallest absolute Gasteiger partial charge is 0.269 e. The molecule has 1 fully saturated rings. The van der Waals surface area contributed by atoms with E-state index in [1.165, 1.54) is 25.7 Å². The predicted molar refractivity (Wildman–Crippen MR) is 88.2 cm³/mol. The molecule has 3 N–H and O–H groups in total. The maximum Gasteiger partial charge on any atom is 0.269 e. The number of carbonyl (C=O) groups excluding carboxylic acids is 1. The van der Waals surface area contributed by atoms with Gasteiger partial charge in [-0.15, -0.1) is 0 Å². The topological polar surface area (TPSA) is 68.0 Å². The molecule has 2 unspecified atom stereocenters. The molecule has 114 valence electrons. The highest BCUT2D eigenvalue weighted by atomic mass is 32.1. The molecule has 0 aromatic carbocycles. The normalized spacial score (nSPS) is 21.8. The minimum absolute atomic E-state index is 0.131. The fourth-order valence-corrected chi connectivity index (χ4v) is 3.10. The molecule has 2 rings (SSSR count). The van der Waals surface area contributed by atoms with Gasteiger partial charge in [0.15, 0.2) is 0 Å². The van der Waals surface area contributed by atoms with Gasteiger partial charge in [0, 0.05) is 18.3 Å². The summed E-state index contributed by atoms with van der Waals surface area (Å²) in [4.78, 5) is 16.4. The van der Waals surface area contributed by atoms with Gasteiger partial charge in [0.05, 0.1) is 0 Å². The molecule has 0 aliphatic heterocycles. The van der Waals surface area contributed by atoms with Crippen molar-refractivity contribution in [2.24, 2.45) is 17.6 Å². The average molecular weight is 305 g/mol. The van der Waals surface area contributed by atoms with Crippen LogP contribution in [0.3, 0.4) is 0 Å². The molecule has 0 radical (unpaired) electrons. The van der Waals surface area contributed by atoms with Gasteiger partial charge in [0.25, 0.3) is 5.91 Å². The number of aromatic nitrogens is 1. The van der Waals surface area contributed by atoms with Crippen LogP contribution >= 0.6 is 12.2 Å². The maximum atomic E-state index is 12.0. The van der Waals surface area contributed by atoms with Crippen molar-refractivity contribution in [2.75, 3.05) is 6.54 Å². The molecule has 2 atom stereocenters. The molecule has 1 aliphatic carbocycles. The van der Waals surface area contributed by atoms with Crippen molar-refractivity contribution in [3.63, 3.8) is 0 Å². The second-order valence-corrected chi connectivity index (χ2v) is 6.42. The Morgan fingerprint density at radius 1 is 1.48 bits per heavy atom. The second-order valence-electron chi connectivity index (χ2n) is 5.98. The Balaban J connectivity index is 1.77. The highest BCUT2D eigenvalue weighted by molar-refractivity contribution is 7.80. The highest BCUT2D eigenvalue weighted by Crippen LogP contribution is 2.30. The van der Waals surface area contributed by atoms with Gasteiger partial charge in [-0.3, -0.25) is 9.78 Å². The molecule has 1 saturated carbocycles. The molecule has 1 aromatic rings. The third-order valence-corrected chi connectivity index (χ3v) is 4.40. The van der Waals surface area contributed by atoms with E-state index < -0.39 is 0 Å². The van der Waals surface area contributed by atoms with Crippen LogP contribution in [-0.2, 0) is 0 Å². The number of nitrogens with two attached hydrogens (primary N) is 1. The van der Waals surface area contributed by atoms with Gasteiger partial charge in [-0.1, -0.05) is 38.4 Å². The molecule has 1 heterocycles. The van der Waals surface area contributed by atoms with Gasteiger partial charge in [-0.25, -0.2) is 0 Å². The first kappa shape index (κ1) is 15.9. The minimum atomic E-state index is -0.131. The maximum absolute atomic E-state index is 12.0. The van der Waals surface area contributed by atoms with E-state index in [9.17, 15) is 4.79 Å². The lowest BCUT2D eigenvalue weighted by Crippen LogP contribution is -2.28. The van der Waals surface area contributed by atoms with Crippen LogP contribution in [0.5, 0.6) is 0 Å². The summed E-state index contributed by atoms with van der Waals surface area (Å²) in [6, 6.07) is 3.39. The number of carbonyl (C=O) groups is 1. The summed E-state index contributed by atoms with van der Waals surface area (Å²) in [6.07, 6.45) is 7.85. The largest absolute Gasteiger partial charge is 0.389 e. The summed E-state index contributed by atoms with van der Waals surface area (Å²) in [6.45, 7) is 3.03. The van der Waals surface area contributed by atoms with E-state index in [1.54, 1.807) is 18.3 Å². The van der Waals surface area contributed by atoms with Crippen LogP contribution < -0.4 is 11.1 Å². The third-order valence-electron chi connectivity index (χ3n) is 4.16. The second kappa shape index (κ2) is 7.50. The number of rotatable bonds is 5. The lowest BCUT2D eigenvalue weighted by atomic mass is 9.81. The molecule has 1 aliphatic rings. The van der Waals surface area contributed by atoms with E-state index in [0.29, 0.717) is 16.2 Å². The van der Waals surface area contributed by atoms with Gasteiger partial charge in [-0.2, -0.15) is 0 Å². The predicted octanol–water partition coefficient (Wildman–Crippen LogP) is 2.66. The van der Waals surface area contributed by atoms with Gasteiger partial charge in [0.2, 0.25) is 0 Å². The number of thiocarbonyl (C=S) groups is 1. The lowest BCUT2D eigenvalue weighted by molar-refractivity contribution is 0.0944. The molecular formula is C16H23N3OS. The van der Waals surface area contributed by atoms with Gasteiger partial charge < -0.3 is 11.1 Å². The Kier molecular flexibility index (Phi) is 5.67. The Labute approximate surface area is 131 Å². The van der Waals surface area contributed by atoms with E-state index in [2.05, 4.69) is 17.2 Å². The molecule has 0 bridgehead atoms. The lowest BCUT2D eigenvalue weighted by Gasteiger charge is -2.26. The van der Waals surface area contributed by atoms with Crippen molar-refractivity contribution in [3.8, 4) is 0 Å². The van der Waals surface area contributed by atoms with Crippen LogP contribution in [0.25, 0.3) is 0 Å². The zero-order valence-corrected chi connectivity index (χ0v) is 13.3. The van der Waals surface area contributed by atoms with Crippen molar-refractivity contribution >= 4 is 23.1 Å². The monoisotopic (exact) mass is 305 g/mol. The fourth-order valence-electron chi connectivity index (χ4n) is 2.98. The number of hydrogen-bond acceptors (Lipinski definition) is 3. The number of hydrogen-bond donors (Lipinski definition) is 2. The Morgan fingerprint density at radius 3 is 2.90 bits per heavy atom. The van der Waals surface area contributed by atoms with E-state index >= 15 is 0 Å². The summed E-state index contributed by atoms with van der Waals surface area (Å²) in [5.74, 6) is 1.45. The van der Waals surface area contributed by atoms with Crippen LogP contribution in [0.2, 0.25) is 0 Å². The molecule has 21 heavy (non-hydrogen) atoms. The van der Waals surface area contributed by atoms with E-state index in [0.717, 1.165) is 24.8 Å². The quantitative estimate of drug-likeness (QED) is 0.821. The first-order valence-corrected chi connectivity index (χ1v) is 8.01. The number of nitrogens with one attached hydrogen (secondary N) is 1. The van der Waals surface area contributed by atoms with Crippen molar-refractivity contribution in [1.29, 1.82) is 0 Å². The van der Waals surface area contributed by atoms with Gasteiger partial charge in [0.1, 0.15) is 10.7 Å². The Hall–Kier alpha value is -1.49. The van der Waals surface area contributed by atoms with Crippen LogP contribution in [0.4, 0.5) is 0 Å². The Bertz CT molecular complexity index is 501. The van der Waals surface area contributed by atoms with Crippen molar-refractivity contribution in [3.05, 3.63) is 29.6 Å². The van der Waals surface area contributed by atoms with Gasteiger partial charge in [-0.05, 0) is 36.8 Å².